The first-order chi connectivity index (χ1) is 8.99. The zero-order chi connectivity index (χ0) is 13.6. The maximum atomic E-state index is 12.0. The Kier molecular flexibility index (Phi) is 2.90. The van der Waals surface area contributed by atoms with Crippen LogP contribution in [0.15, 0.2) is 18.2 Å². The highest BCUT2D eigenvalue weighted by molar-refractivity contribution is 5.96. The first-order valence-corrected chi connectivity index (χ1v) is 7.16. The SMILES string of the molecule is CC1(C)CC1C(N)c1ccc2c(c1)C(=O)NCCC2. The fourth-order valence-electron chi connectivity index (χ4n) is 3.16. The summed E-state index contributed by atoms with van der Waals surface area (Å²) in [6.07, 6.45) is 3.16. The van der Waals surface area contributed by atoms with Gasteiger partial charge >= 0.3 is 0 Å². The number of amides is 1. The molecule has 0 bridgehead atoms. The molecule has 0 radical (unpaired) electrons. The monoisotopic (exact) mass is 258 g/mol. The van der Waals surface area contributed by atoms with E-state index in [0.717, 1.165) is 36.1 Å². The molecule has 1 amide bonds. The van der Waals surface area contributed by atoms with Crippen molar-refractivity contribution >= 4 is 5.91 Å². The molecule has 3 nitrogen and oxygen atoms in total. The number of hydrogen-bond acceptors (Lipinski definition) is 2. The summed E-state index contributed by atoms with van der Waals surface area (Å²) < 4.78 is 0. The van der Waals surface area contributed by atoms with Crippen molar-refractivity contribution in [3.8, 4) is 0 Å². The average molecular weight is 258 g/mol. The summed E-state index contributed by atoms with van der Waals surface area (Å²) in [6.45, 7) is 5.28. The van der Waals surface area contributed by atoms with Gasteiger partial charge in [0, 0.05) is 18.2 Å². The second-order valence-corrected chi connectivity index (χ2v) is 6.60. The Hall–Kier alpha value is -1.35. The Labute approximate surface area is 114 Å². The van der Waals surface area contributed by atoms with Crippen LogP contribution in [-0.4, -0.2) is 12.5 Å². The van der Waals surface area contributed by atoms with Crippen molar-refractivity contribution in [1.82, 2.24) is 5.32 Å². The second kappa shape index (κ2) is 4.34. The topological polar surface area (TPSA) is 55.1 Å². The van der Waals surface area contributed by atoms with Crippen molar-refractivity contribution in [2.24, 2.45) is 17.1 Å². The maximum Gasteiger partial charge on any atom is 0.251 e. The zero-order valence-corrected chi connectivity index (χ0v) is 11.7. The molecule has 1 aromatic carbocycles. The van der Waals surface area contributed by atoms with E-state index in [0.29, 0.717) is 11.3 Å². The molecule has 3 N–H and O–H groups in total. The quantitative estimate of drug-likeness (QED) is 0.856. The van der Waals surface area contributed by atoms with Gasteiger partial charge in [0.1, 0.15) is 0 Å². The molecule has 1 aliphatic heterocycles. The van der Waals surface area contributed by atoms with Crippen molar-refractivity contribution in [2.75, 3.05) is 6.54 Å². The van der Waals surface area contributed by atoms with Crippen LogP contribution < -0.4 is 11.1 Å². The Balaban J connectivity index is 1.90. The van der Waals surface area contributed by atoms with Crippen LogP contribution in [0.25, 0.3) is 0 Å². The van der Waals surface area contributed by atoms with E-state index >= 15 is 0 Å². The van der Waals surface area contributed by atoms with E-state index in [2.05, 4.69) is 31.3 Å². The van der Waals surface area contributed by atoms with E-state index in [1.165, 1.54) is 6.42 Å². The lowest BCUT2D eigenvalue weighted by Crippen LogP contribution is -2.23. The van der Waals surface area contributed by atoms with Gasteiger partial charge in [0.25, 0.3) is 5.91 Å². The highest BCUT2D eigenvalue weighted by Gasteiger charge is 2.49. The minimum absolute atomic E-state index is 0.0522. The van der Waals surface area contributed by atoms with Crippen molar-refractivity contribution in [1.29, 1.82) is 0 Å². The number of benzene rings is 1. The minimum Gasteiger partial charge on any atom is -0.352 e. The van der Waals surface area contributed by atoms with Crippen LogP contribution >= 0.6 is 0 Å². The van der Waals surface area contributed by atoms with E-state index in [4.69, 9.17) is 5.73 Å². The Morgan fingerprint density at radius 1 is 1.42 bits per heavy atom. The summed E-state index contributed by atoms with van der Waals surface area (Å²) in [5, 5.41) is 2.95. The van der Waals surface area contributed by atoms with Crippen LogP contribution in [0.2, 0.25) is 0 Å². The molecule has 3 heteroatoms. The normalized spacial score (nSPS) is 26.1. The molecule has 3 rings (SSSR count). The van der Waals surface area contributed by atoms with Crippen molar-refractivity contribution in [3.63, 3.8) is 0 Å². The highest BCUT2D eigenvalue weighted by Crippen LogP contribution is 2.57. The average Bonchev–Trinajstić information content (AvgIpc) is 3.06. The molecule has 2 atom stereocenters. The van der Waals surface area contributed by atoms with Crippen LogP contribution in [0.4, 0.5) is 0 Å². The molecule has 1 aromatic rings. The molecule has 2 aliphatic rings. The molecule has 19 heavy (non-hydrogen) atoms. The lowest BCUT2D eigenvalue weighted by atomic mass is 9.93. The van der Waals surface area contributed by atoms with Gasteiger partial charge in [-0.05, 0) is 47.8 Å². The largest absolute Gasteiger partial charge is 0.352 e. The molecule has 2 unspecified atom stereocenters. The van der Waals surface area contributed by atoms with Gasteiger partial charge < -0.3 is 11.1 Å². The molecule has 0 saturated heterocycles. The van der Waals surface area contributed by atoms with E-state index in [1.54, 1.807) is 0 Å². The molecule has 1 saturated carbocycles. The standard InChI is InChI=1S/C16H22N2O/c1-16(2)9-13(16)14(17)11-6-5-10-4-3-7-18-15(19)12(10)8-11/h5-6,8,13-14H,3-4,7,9,17H2,1-2H3,(H,18,19). The Morgan fingerprint density at radius 2 is 2.16 bits per heavy atom. The fourth-order valence-corrected chi connectivity index (χ4v) is 3.16. The summed E-state index contributed by atoms with van der Waals surface area (Å²) in [6, 6.07) is 6.26. The van der Waals surface area contributed by atoms with Crippen molar-refractivity contribution in [3.05, 3.63) is 34.9 Å². The van der Waals surface area contributed by atoms with Gasteiger partial charge in [-0.2, -0.15) is 0 Å². The molecular formula is C16H22N2O. The van der Waals surface area contributed by atoms with Crippen LogP contribution in [0.1, 0.15) is 54.2 Å². The summed E-state index contributed by atoms with van der Waals surface area (Å²) in [5.41, 5.74) is 9.80. The predicted molar refractivity (Wildman–Crippen MR) is 75.9 cm³/mol. The van der Waals surface area contributed by atoms with Gasteiger partial charge in [0.15, 0.2) is 0 Å². The molecule has 1 heterocycles. The number of hydrogen-bond donors (Lipinski definition) is 2. The molecule has 0 spiro atoms. The molecule has 0 aromatic heterocycles. The third-order valence-corrected chi connectivity index (χ3v) is 4.70. The van der Waals surface area contributed by atoms with Gasteiger partial charge in [0.05, 0.1) is 0 Å². The second-order valence-electron chi connectivity index (χ2n) is 6.60. The van der Waals surface area contributed by atoms with Crippen LogP contribution in [0.5, 0.6) is 0 Å². The van der Waals surface area contributed by atoms with Gasteiger partial charge in [-0.15, -0.1) is 0 Å². The number of nitrogens with one attached hydrogen (secondary N) is 1. The number of aryl methyl sites for hydroxylation is 1. The van der Waals surface area contributed by atoms with E-state index in [9.17, 15) is 4.79 Å². The van der Waals surface area contributed by atoms with Gasteiger partial charge in [-0.1, -0.05) is 26.0 Å². The molecule has 1 fully saturated rings. The lowest BCUT2D eigenvalue weighted by molar-refractivity contribution is 0.0956. The number of carbonyl (C=O) groups excluding carboxylic acids is 1. The third kappa shape index (κ3) is 2.27. The van der Waals surface area contributed by atoms with E-state index in [-0.39, 0.29) is 11.9 Å². The van der Waals surface area contributed by atoms with Gasteiger partial charge in [-0.25, -0.2) is 0 Å². The Bertz CT molecular complexity index is 521. The van der Waals surface area contributed by atoms with Gasteiger partial charge in [0.2, 0.25) is 0 Å². The highest BCUT2D eigenvalue weighted by atomic mass is 16.1. The number of rotatable bonds is 2. The third-order valence-electron chi connectivity index (χ3n) is 4.70. The van der Waals surface area contributed by atoms with Crippen LogP contribution in [-0.2, 0) is 6.42 Å². The fraction of sp³-hybridized carbons (Fsp3) is 0.562. The number of carbonyl (C=O) groups is 1. The molecule has 1 aliphatic carbocycles. The lowest BCUT2D eigenvalue weighted by Gasteiger charge is -2.16. The zero-order valence-electron chi connectivity index (χ0n) is 11.7. The van der Waals surface area contributed by atoms with Gasteiger partial charge in [-0.3, -0.25) is 4.79 Å². The van der Waals surface area contributed by atoms with E-state index < -0.39 is 0 Å². The minimum atomic E-state index is 0.0522. The van der Waals surface area contributed by atoms with Crippen LogP contribution in [0, 0.1) is 11.3 Å². The summed E-state index contributed by atoms with van der Waals surface area (Å²) in [4.78, 5) is 12.0. The summed E-state index contributed by atoms with van der Waals surface area (Å²) in [5.74, 6) is 0.594. The number of fused-ring (bicyclic) bond motifs is 1. The van der Waals surface area contributed by atoms with E-state index in [1.807, 2.05) is 6.07 Å². The van der Waals surface area contributed by atoms with Crippen molar-refractivity contribution < 1.29 is 4.79 Å². The first-order valence-electron chi connectivity index (χ1n) is 7.16. The summed E-state index contributed by atoms with van der Waals surface area (Å²) in [7, 11) is 0. The van der Waals surface area contributed by atoms with Crippen LogP contribution in [0.3, 0.4) is 0 Å². The predicted octanol–water partition coefficient (Wildman–Crippen LogP) is 2.41. The molecular weight excluding hydrogens is 236 g/mol. The Morgan fingerprint density at radius 3 is 2.84 bits per heavy atom. The number of nitrogens with two attached hydrogens (primary N) is 1. The maximum absolute atomic E-state index is 12.0. The van der Waals surface area contributed by atoms with Crippen molar-refractivity contribution in [2.45, 2.75) is 39.2 Å². The molecule has 102 valence electrons. The first kappa shape index (κ1) is 12.7. The smallest absolute Gasteiger partial charge is 0.251 e. The summed E-state index contributed by atoms with van der Waals surface area (Å²) >= 11 is 0.